The standard InChI is InChI=1S/C18H22N2/c1-15-7-5-6-10-18(15)19-17-11-12-20(14-17)13-16-8-3-2-4-9-16/h2-10,17,19H,11-14H2,1H3. The highest BCUT2D eigenvalue weighted by Crippen LogP contribution is 2.20. The molecular weight excluding hydrogens is 244 g/mol. The van der Waals surface area contributed by atoms with Crippen molar-refractivity contribution in [3.05, 3.63) is 65.7 Å². The van der Waals surface area contributed by atoms with Crippen LogP contribution in [0.2, 0.25) is 0 Å². The lowest BCUT2D eigenvalue weighted by atomic mass is 10.1. The smallest absolute Gasteiger partial charge is 0.0400 e. The van der Waals surface area contributed by atoms with E-state index >= 15 is 0 Å². The second-order valence-corrected chi connectivity index (χ2v) is 5.67. The summed E-state index contributed by atoms with van der Waals surface area (Å²) in [4.78, 5) is 2.53. The molecule has 1 unspecified atom stereocenters. The molecule has 2 aromatic rings. The second kappa shape index (κ2) is 6.10. The number of benzene rings is 2. The van der Waals surface area contributed by atoms with Gasteiger partial charge in [0.05, 0.1) is 0 Å². The molecule has 2 aromatic carbocycles. The fourth-order valence-corrected chi connectivity index (χ4v) is 2.89. The van der Waals surface area contributed by atoms with Crippen molar-refractivity contribution in [2.45, 2.75) is 25.9 Å². The molecule has 0 saturated carbocycles. The van der Waals surface area contributed by atoms with Gasteiger partial charge in [0.25, 0.3) is 0 Å². The SMILES string of the molecule is Cc1ccccc1NC1CCN(Cc2ccccc2)C1. The van der Waals surface area contributed by atoms with Crippen molar-refractivity contribution in [1.82, 2.24) is 4.90 Å². The molecule has 1 fully saturated rings. The van der Waals surface area contributed by atoms with E-state index < -0.39 is 0 Å². The molecule has 3 rings (SSSR count). The van der Waals surface area contributed by atoms with E-state index in [0.29, 0.717) is 6.04 Å². The highest BCUT2D eigenvalue weighted by atomic mass is 15.2. The van der Waals surface area contributed by atoms with Gasteiger partial charge in [0.1, 0.15) is 0 Å². The van der Waals surface area contributed by atoms with Crippen molar-refractivity contribution >= 4 is 5.69 Å². The maximum atomic E-state index is 3.68. The minimum absolute atomic E-state index is 0.569. The van der Waals surface area contributed by atoms with Gasteiger partial charge in [0.15, 0.2) is 0 Å². The first-order valence-corrected chi connectivity index (χ1v) is 7.40. The molecule has 2 nitrogen and oxygen atoms in total. The van der Waals surface area contributed by atoms with E-state index in [4.69, 9.17) is 0 Å². The van der Waals surface area contributed by atoms with Crippen LogP contribution in [0.5, 0.6) is 0 Å². The summed E-state index contributed by atoms with van der Waals surface area (Å²) in [5, 5.41) is 3.68. The molecule has 20 heavy (non-hydrogen) atoms. The Bertz CT molecular complexity index is 550. The van der Waals surface area contributed by atoms with Crippen molar-refractivity contribution < 1.29 is 0 Å². The Morgan fingerprint density at radius 3 is 2.60 bits per heavy atom. The Balaban J connectivity index is 1.56. The summed E-state index contributed by atoms with van der Waals surface area (Å²) in [6.45, 7) is 5.54. The van der Waals surface area contributed by atoms with Gasteiger partial charge >= 0.3 is 0 Å². The van der Waals surface area contributed by atoms with Crippen molar-refractivity contribution in [2.75, 3.05) is 18.4 Å². The lowest BCUT2D eigenvalue weighted by Gasteiger charge is -2.18. The topological polar surface area (TPSA) is 15.3 Å². The highest BCUT2D eigenvalue weighted by molar-refractivity contribution is 5.51. The molecule has 1 aliphatic heterocycles. The van der Waals surface area contributed by atoms with Crippen LogP contribution >= 0.6 is 0 Å². The van der Waals surface area contributed by atoms with Crippen molar-refractivity contribution in [3.8, 4) is 0 Å². The number of hydrogen-bond donors (Lipinski definition) is 1. The quantitative estimate of drug-likeness (QED) is 0.908. The fourth-order valence-electron chi connectivity index (χ4n) is 2.89. The van der Waals surface area contributed by atoms with E-state index in [2.05, 4.69) is 71.7 Å². The maximum Gasteiger partial charge on any atom is 0.0400 e. The van der Waals surface area contributed by atoms with Gasteiger partial charge in [-0.1, -0.05) is 48.5 Å². The predicted molar refractivity (Wildman–Crippen MR) is 84.9 cm³/mol. The molecule has 0 bridgehead atoms. The summed E-state index contributed by atoms with van der Waals surface area (Å²) in [5.41, 5.74) is 4.01. The number of aryl methyl sites for hydroxylation is 1. The largest absolute Gasteiger partial charge is 0.381 e. The number of likely N-dealkylation sites (tertiary alicyclic amines) is 1. The zero-order chi connectivity index (χ0) is 13.8. The average Bonchev–Trinajstić information content (AvgIpc) is 2.90. The van der Waals surface area contributed by atoms with Gasteiger partial charge in [-0.2, -0.15) is 0 Å². The van der Waals surface area contributed by atoms with Gasteiger partial charge in [-0.05, 0) is 30.5 Å². The predicted octanol–water partition coefficient (Wildman–Crippen LogP) is 3.68. The zero-order valence-electron chi connectivity index (χ0n) is 12.0. The number of hydrogen-bond acceptors (Lipinski definition) is 2. The van der Waals surface area contributed by atoms with E-state index in [1.807, 2.05) is 0 Å². The zero-order valence-corrected chi connectivity index (χ0v) is 12.0. The summed E-state index contributed by atoms with van der Waals surface area (Å²) in [5.74, 6) is 0. The molecule has 1 saturated heterocycles. The first kappa shape index (κ1) is 13.2. The summed E-state index contributed by atoms with van der Waals surface area (Å²) in [6.07, 6.45) is 1.22. The molecule has 1 atom stereocenters. The summed E-state index contributed by atoms with van der Waals surface area (Å²) < 4.78 is 0. The molecule has 1 N–H and O–H groups in total. The van der Waals surface area contributed by atoms with E-state index in [-0.39, 0.29) is 0 Å². The van der Waals surface area contributed by atoms with Gasteiger partial charge in [-0.25, -0.2) is 0 Å². The van der Waals surface area contributed by atoms with Crippen LogP contribution in [-0.2, 0) is 6.54 Å². The number of nitrogens with one attached hydrogen (secondary N) is 1. The van der Waals surface area contributed by atoms with Gasteiger partial charge < -0.3 is 5.32 Å². The lowest BCUT2D eigenvalue weighted by molar-refractivity contribution is 0.328. The maximum absolute atomic E-state index is 3.68. The Hall–Kier alpha value is -1.80. The Morgan fingerprint density at radius 1 is 1.05 bits per heavy atom. The van der Waals surface area contributed by atoms with Gasteiger partial charge in [-0.15, -0.1) is 0 Å². The van der Waals surface area contributed by atoms with Crippen LogP contribution in [0, 0.1) is 6.92 Å². The monoisotopic (exact) mass is 266 g/mol. The Kier molecular flexibility index (Phi) is 4.03. The minimum atomic E-state index is 0.569. The van der Waals surface area contributed by atoms with Crippen LogP contribution in [0.1, 0.15) is 17.5 Å². The lowest BCUT2D eigenvalue weighted by Crippen LogP contribution is -2.26. The second-order valence-electron chi connectivity index (χ2n) is 5.67. The summed E-state index contributed by atoms with van der Waals surface area (Å²) in [7, 11) is 0. The molecule has 2 heteroatoms. The molecular formula is C18H22N2. The van der Waals surface area contributed by atoms with Gasteiger partial charge in [0, 0.05) is 31.4 Å². The Morgan fingerprint density at radius 2 is 1.80 bits per heavy atom. The van der Waals surface area contributed by atoms with Gasteiger partial charge in [-0.3, -0.25) is 4.90 Å². The molecule has 0 aliphatic carbocycles. The fraction of sp³-hybridized carbons (Fsp3) is 0.333. The van der Waals surface area contributed by atoms with Crippen LogP contribution in [0.15, 0.2) is 54.6 Å². The van der Waals surface area contributed by atoms with Crippen molar-refractivity contribution in [3.63, 3.8) is 0 Å². The normalized spacial score (nSPS) is 19.1. The number of rotatable bonds is 4. The van der Waals surface area contributed by atoms with Crippen LogP contribution in [0.25, 0.3) is 0 Å². The van der Waals surface area contributed by atoms with Crippen LogP contribution < -0.4 is 5.32 Å². The third kappa shape index (κ3) is 3.20. The molecule has 0 amide bonds. The molecule has 104 valence electrons. The molecule has 0 aromatic heterocycles. The minimum Gasteiger partial charge on any atom is -0.381 e. The average molecular weight is 266 g/mol. The molecule has 1 aliphatic rings. The van der Waals surface area contributed by atoms with Crippen LogP contribution in [-0.4, -0.2) is 24.0 Å². The van der Waals surface area contributed by atoms with E-state index in [1.54, 1.807) is 0 Å². The van der Waals surface area contributed by atoms with Crippen LogP contribution in [0.4, 0.5) is 5.69 Å². The third-order valence-corrected chi connectivity index (χ3v) is 4.03. The molecule has 0 spiro atoms. The van der Waals surface area contributed by atoms with Crippen molar-refractivity contribution in [2.24, 2.45) is 0 Å². The number of nitrogens with zero attached hydrogens (tertiary/aromatic N) is 1. The Labute approximate surface area is 121 Å². The molecule has 1 heterocycles. The number of para-hydroxylation sites is 1. The van der Waals surface area contributed by atoms with E-state index in [0.717, 1.165) is 13.1 Å². The summed E-state index contributed by atoms with van der Waals surface area (Å²) in [6, 6.07) is 19.8. The number of anilines is 1. The first-order chi connectivity index (χ1) is 9.81. The first-order valence-electron chi connectivity index (χ1n) is 7.40. The van der Waals surface area contributed by atoms with E-state index in [1.165, 1.54) is 29.8 Å². The summed E-state index contributed by atoms with van der Waals surface area (Å²) >= 11 is 0. The van der Waals surface area contributed by atoms with Crippen LogP contribution in [0.3, 0.4) is 0 Å². The van der Waals surface area contributed by atoms with E-state index in [9.17, 15) is 0 Å². The van der Waals surface area contributed by atoms with Crippen molar-refractivity contribution in [1.29, 1.82) is 0 Å². The third-order valence-electron chi connectivity index (χ3n) is 4.03. The highest BCUT2D eigenvalue weighted by Gasteiger charge is 2.22. The molecule has 0 radical (unpaired) electrons. The van der Waals surface area contributed by atoms with Gasteiger partial charge in [0.2, 0.25) is 0 Å².